The van der Waals surface area contributed by atoms with Crippen LogP contribution in [-0.4, -0.2) is 132 Å². The number of morpholine rings is 1. The molecule has 4 saturated heterocycles. The lowest BCUT2D eigenvalue weighted by Gasteiger charge is -2.64. The maximum Gasteiger partial charge on any atom is 0.410 e. The van der Waals surface area contributed by atoms with E-state index in [0.717, 1.165) is 71.5 Å². The van der Waals surface area contributed by atoms with Crippen molar-refractivity contribution in [2.75, 3.05) is 52.4 Å². The Morgan fingerprint density at radius 1 is 0.964 bits per heavy atom. The minimum atomic E-state index is -0.657. The van der Waals surface area contributed by atoms with Gasteiger partial charge in [0.25, 0.3) is 0 Å². The third-order valence-corrected chi connectivity index (χ3v) is 18.6. The molecule has 9 rings (SSSR count). The summed E-state index contributed by atoms with van der Waals surface area (Å²) in [5, 5.41) is 23.0. The van der Waals surface area contributed by atoms with Crippen molar-refractivity contribution >= 4 is 6.09 Å². The summed E-state index contributed by atoms with van der Waals surface area (Å²) in [6, 6.07) is 0.512. The highest BCUT2D eigenvalue weighted by Gasteiger charge is 2.84. The Morgan fingerprint density at radius 3 is 2.35 bits per heavy atom. The number of aliphatic hydroxyl groups excluding tert-OH is 1. The largest absolute Gasteiger partial charge is 0.443 e. The molecule has 0 aromatic rings. The van der Waals surface area contributed by atoms with Gasteiger partial charge >= 0.3 is 6.09 Å². The van der Waals surface area contributed by atoms with Gasteiger partial charge in [-0.25, -0.2) is 4.79 Å². The van der Waals surface area contributed by atoms with Gasteiger partial charge in [0.1, 0.15) is 6.10 Å². The number of likely N-dealkylation sites (tertiary alicyclic amines) is 2. The van der Waals surface area contributed by atoms with Crippen LogP contribution in [0.15, 0.2) is 0 Å². The van der Waals surface area contributed by atoms with Crippen molar-refractivity contribution in [3.05, 3.63) is 0 Å². The Labute approximate surface area is 331 Å². The Balaban J connectivity index is 0.887. The molecule has 4 aliphatic heterocycles. The molecule has 9 fully saturated rings. The number of β-amino-alcohol motifs (C(OH)–C–C–N with tert-alkyl or cyclic N) is 1. The molecule has 1 amide bonds. The monoisotopic (exact) mass is 770 g/mol. The molecule has 14 atom stereocenters. The normalized spacial score (nSPS) is 48.7. The number of carbonyl (C=O) groups is 1. The molecule has 2 N–H and O–H groups in total. The van der Waals surface area contributed by atoms with E-state index in [0.29, 0.717) is 41.7 Å². The number of carbonyl (C=O) groups excluding carboxylic acids is 1. The van der Waals surface area contributed by atoms with Gasteiger partial charge in [0.15, 0.2) is 6.29 Å². The molecule has 55 heavy (non-hydrogen) atoms. The summed E-state index contributed by atoms with van der Waals surface area (Å²) in [5.74, 6) is 1.91. The SMILES string of the molecule is CC(C)[C@@H](OC(=O)N1CCC1)[C@H]1C[C@@H](C)[C@H]2[C@H](O1)[C@H](O)[C@@]1(C)[C@@H]3CC[C@H]4C(C)(C)[C@@H](O[C@H]5CN(C6CN(CC(C)(C)O)C6)CCO5)CC[C@@]45C[C@@]35CC[C@]21C. The molecule has 312 valence electrons. The third kappa shape index (κ3) is 5.81. The summed E-state index contributed by atoms with van der Waals surface area (Å²) in [6.45, 7) is 27.2. The van der Waals surface area contributed by atoms with Crippen molar-refractivity contribution in [3.8, 4) is 0 Å². The van der Waals surface area contributed by atoms with Crippen molar-refractivity contribution in [1.29, 1.82) is 0 Å². The van der Waals surface area contributed by atoms with E-state index in [2.05, 4.69) is 58.3 Å². The number of fused-ring (bicyclic) bond motifs is 4. The highest BCUT2D eigenvalue weighted by atomic mass is 16.7. The van der Waals surface area contributed by atoms with Crippen molar-refractivity contribution in [2.45, 2.75) is 169 Å². The highest BCUT2D eigenvalue weighted by molar-refractivity contribution is 5.68. The van der Waals surface area contributed by atoms with Gasteiger partial charge in [-0.15, -0.1) is 0 Å². The topological polar surface area (TPSA) is 104 Å². The van der Waals surface area contributed by atoms with Crippen LogP contribution in [0.5, 0.6) is 0 Å². The Bertz CT molecular complexity index is 1480. The van der Waals surface area contributed by atoms with Crippen LogP contribution in [0.3, 0.4) is 0 Å². The van der Waals surface area contributed by atoms with Crippen molar-refractivity contribution in [3.63, 3.8) is 0 Å². The molecule has 0 aromatic heterocycles. The molecular formula is C45H75N3O7. The van der Waals surface area contributed by atoms with E-state index in [1.165, 1.54) is 32.1 Å². The molecule has 5 aliphatic carbocycles. The van der Waals surface area contributed by atoms with Gasteiger partial charge in [-0.3, -0.25) is 9.80 Å². The molecule has 2 spiro atoms. The van der Waals surface area contributed by atoms with Crippen LogP contribution in [0.1, 0.15) is 120 Å². The number of hydrogen-bond donors (Lipinski definition) is 2. The summed E-state index contributed by atoms with van der Waals surface area (Å²) in [5.41, 5.74) is -0.215. The minimum absolute atomic E-state index is 0.00142. The smallest absolute Gasteiger partial charge is 0.410 e. The van der Waals surface area contributed by atoms with Crippen LogP contribution in [-0.2, 0) is 18.9 Å². The first-order valence-electron chi connectivity index (χ1n) is 22.6. The van der Waals surface area contributed by atoms with Crippen molar-refractivity contribution in [2.24, 2.45) is 56.7 Å². The molecule has 0 unspecified atom stereocenters. The molecule has 10 nitrogen and oxygen atoms in total. The average Bonchev–Trinajstić information content (AvgIpc) is 3.70. The Kier molecular flexibility index (Phi) is 9.50. The van der Waals surface area contributed by atoms with Crippen LogP contribution in [0.2, 0.25) is 0 Å². The summed E-state index contributed by atoms with van der Waals surface area (Å²) < 4.78 is 26.6. The first-order valence-corrected chi connectivity index (χ1v) is 22.6. The average molecular weight is 770 g/mol. The summed E-state index contributed by atoms with van der Waals surface area (Å²) in [6.07, 6.45) is 8.83. The second-order valence-electron chi connectivity index (χ2n) is 22.6. The van der Waals surface area contributed by atoms with Gasteiger partial charge in [0, 0.05) is 57.3 Å². The first kappa shape index (κ1) is 39.5. The minimum Gasteiger partial charge on any atom is -0.443 e. The van der Waals surface area contributed by atoms with Crippen molar-refractivity contribution in [1.82, 2.24) is 14.7 Å². The summed E-state index contributed by atoms with van der Waals surface area (Å²) >= 11 is 0. The number of aliphatic hydroxyl groups is 2. The second-order valence-corrected chi connectivity index (χ2v) is 22.6. The van der Waals surface area contributed by atoms with Crippen LogP contribution >= 0.6 is 0 Å². The van der Waals surface area contributed by atoms with Crippen LogP contribution < -0.4 is 0 Å². The van der Waals surface area contributed by atoms with Crippen LogP contribution in [0.25, 0.3) is 0 Å². The van der Waals surface area contributed by atoms with E-state index in [-0.39, 0.29) is 64.4 Å². The fourth-order valence-electron chi connectivity index (χ4n) is 15.8. The standard InChI is InChI=1S/C45H75N3O7/c1-27(2)36(55-39(50)47-17-10-18-47)30-21-28(3)35-37(53-30)38(49)43(9)32-12-11-31-41(6,7)33(13-14-44(31)25-45(32,44)16-15-42(35,43)8)54-34-24-48(19-20-52-34)29-22-46(23-29)26-40(4,5)51/h27-38,49,51H,10-26H2,1-9H3/t28-,30-,31+,32+,33+,34+,35+,36-,37+,38+,42-,43-,44-,45+/m1/s1. The zero-order valence-corrected chi connectivity index (χ0v) is 35.7. The quantitative estimate of drug-likeness (QED) is 0.301. The number of nitrogens with zero attached hydrogens (tertiary/aromatic N) is 3. The zero-order chi connectivity index (χ0) is 39.1. The van der Waals surface area contributed by atoms with E-state index in [1.54, 1.807) is 4.90 Å². The van der Waals surface area contributed by atoms with Crippen LogP contribution in [0, 0.1) is 56.7 Å². The van der Waals surface area contributed by atoms with Gasteiger partial charge in [-0.1, -0.05) is 48.5 Å². The van der Waals surface area contributed by atoms with Crippen LogP contribution in [0.4, 0.5) is 4.79 Å². The zero-order valence-electron chi connectivity index (χ0n) is 35.7. The fourth-order valence-corrected chi connectivity index (χ4v) is 15.8. The lowest BCUT2D eigenvalue weighted by molar-refractivity contribution is -0.253. The molecule has 5 saturated carbocycles. The predicted molar refractivity (Wildman–Crippen MR) is 210 cm³/mol. The lowest BCUT2D eigenvalue weighted by Crippen LogP contribution is -2.64. The maximum atomic E-state index is 13.0. The van der Waals surface area contributed by atoms with Gasteiger partial charge < -0.3 is 34.1 Å². The lowest BCUT2D eigenvalue weighted by atomic mass is 9.41. The molecule has 0 aromatic carbocycles. The molecule has 9 aliphatic rings. The third-order valence-electron chi connectivity index (χ3n) is 18.6. The second kappa shape index (κ2) is 13.2. The number of hydrogen-bond acceptors (Lipinski definition) is 9. The molecule has 0 radical (unpaired) electrons. The molecule has 0 bridgehead atoms. The van der Waals surface area contributed by atoms with E-state index in [1.807, 2.05) is 13.8 Å². The molecular weight excluding hydrogens is 695 g/mol. The number of amides is 1. The van der Waals surface area contributed by atoms with E-state index in [4.69, 9.17) is 18.9 Å². The summed E-state index contributed by atoms with van der Waals surface area (Å²) in [7, 11) is 0. The summed E-state index contributed by atoms with van der Waals surface area (Å²) in [4.78, 5) is 19.7. The van der Waals surface area contributed by atoms with E-state index in [9.17, 15) is 15.0 Å². The number of ether oxygens (including phenoxy) is 4. The molecule has 4 heterocycles. The van der Waals surface area contributed by atoms with Gasteiger partial charge in [0.2, 0.25) is 0 Å². The first-order chi connectivity index (χ1) is 25.8. The fraction of sp³-hybridized carbons (Fsp3) is 0.978. The number of rotatable bonds is 8. The predicted octanol–water partition coefficient (Wildman–Crippen LogP) is 6.17. The Morgan fingerprint density at radius 2 is 1.67 bits per heavy atom. The van der Waals surface area contributed by atoms with E-state index < -0.39 is 11.7 Å². The van der Waals surface area contributed by atoms with Gasteiger partial charge in [0.05, 0.1) is 36.6 Å². The highest BCUT2D eigenvalue weighted by Crippen LogP contribution is 2.89. The molecule has 10 heteroatoms. The Hall–Kier alpha value is -1.01. The maximum absolute atomic E-state index is 13.0. The van der Waals surface area contributed by atoms with Gasteiger partial charge in [-0.2, -0.15) is 0 Å². The van der Waals surface area contributed by atoms with E-state index >= 15 is 0 Å². The van der Waals surface area contributed by atoms with Gasteiger partial charge in [-0.05, 0) is 123 Å². The van der Waals surface area contributed by atoms with Crippen molar-refractivity contribution < 1.29 is 34.0 Å².